The minimum Gasteiger partial charge on any atom is -0.389 e. The van der Waals surface area contributed by atoms with Crippen LogP contribution in [0.15, 0.2) is 24.3 Å². The van der Waals surface area contributed by atoms with E-state index in [1.54, 1.807) is 18.2 Å². The summed E-state index contributed by atoms with van der Waals surface area (Å²) in [6, 6.07) is 6.90. The van der Waals surface area contributed by atoms with Gasteiger partial charge in [-0.05, 0) is 30.9 Å². The maximum absolute atomic E-state index is 13.4. The second-order valence-electron chi connectivity index (χ2n) is 5.06. The molecule has 3 nitrogen and oxygen atoms in total. The molecule has 1 rings (SSSR count). The summed E-state index contributed by atoms with van der Waals surface area (Å²) in [6.45, 7) is 5.15. The smallest absolute Gasteiger partial charge is 0.128 e. The van der Waals surface area contributed by atoms with E-state index >= 15 is 0 Å². The molecule has 1 aromatic rings. The minimum absolute atomic E-state index is 0.187. The average Bonchev–Trinajstić information content (AvgIpc) is 2.47. The van der Waals surface area contributed by atoms with E-state index in [-0.39, 0.29) is 19.0 Å². The summed E-state index contributed by atoms with van der Waals surface area (Å²) in [4.78, 5) is 0. The molecule has 0 aliphatic rings. The highest BCUT2D eigenvalue weighted by Crippen LogP contribution is 2.08. The number of thioether (sulfide) groups is 1. The number of nitrogens with one attached hydrogen (secondary N) is 1. The van der Waals surface area contributed by atoms with Crippen molar-refractivity contribution in [3.05, 3.63) is 35.6 Å². The van der Waals surface area contributed by atoms with E-state index in [1.165, 1.54) is 6.07 Å². The van der Waals surface area contributed by atoms with Gasteiger partial charge in [-0.25, -0.2) is 4.39 Å². The van der Waals surface area contributed by atoms with E-state index in [2.05, 4.69) is 19.2 Å². The van der Waals surface area contributed by atoms with Gasteiger partial charge in [-0.1, -0.05) is 25.1 Å². The van der Waals surface area contributed by atoms with Gasteiger partial charge in [0.1, 0.15) is 5.82 Å². The van der Waals surface area contributed by atoms with Gasteiger partial charge < -0.3 is 15.2 Å². The van der Waals surface area contributed by atoms with Crippen molar-refractivity contribution in [1.82, 2.24) is 5.32 Å². The monoisotopic (exact) mass is 315 g/mol. The van der Waals surface area contributed by atoms with Crippen molar-refractivity contribution in [3.63, 3.8) is 0 Å². The Morgan fingerprint density at radius 2 is 2.14 bits per heavy atom. The number of benzene rings is 1. The van der Waals surface area contributed by atoms with Crippen LogP contribution in [0.5, 0.6) is 0 Å². The van der Waals surface area contributed by atoms with Crippen LogP contribution >= 0.6 is 11.8 Å². The molecule has 0 spiro atoms. The lowest BCUT2D eigenvalue weighted by atomic mass is 10.2. The number of halogens is 1. The second-order valence-corrected chi connectivity index (χ2v) is 6.45. The van der Waals surface area contributed by atoms with Crippen molar-refractivity contribution in [1.29, 1.82) is 0 Å². The van der Waals surface area contributed by atoms with Crippen LogP contribution in [0.25, 0.3) is 0 Å². The van der Waals surface area contributed by atoms with E-state index in [9.17, 15) is 9.50 Å². The van der Waals surface area contributed by atoms with E-state index < -0.39 is 6.10 Å². The summed E-state index contributed by atoms with van der Waals surface area (Å²) in [5.41, 5.74) is 0.516. The summed E-state index contributed by atoms with van der Waals surface area (Å²) in [5.74, 6) is 2.00. The number of ether oxygens (including phenoxy) is 1. The van der Waals surface area contributed by atoms with Crippen LogP contribution < -0.4 is 5.32 Å². The molecule has 0 radical (unpaired) electrons. The first kappa shape index (κ1) is 18.4. The topological polar surface area (TPSA) is 41.5 Å². The zero-order chi connectivity index (χ0) is 15.5. The number of aliphatic hydroxyl groups is 1. The van der Waals surface area contributed by atoms with Crippen LogP contribution in [-0.4, -0.2) is 41.9 Å². The van der Waals surface area contributed by atoms with Gasteiger partial charge in [0.15, 0.2) is 0 Å². The van der Waals surface area contributed by atoms with Gasteiger partial charge in [0.25, 0.3) is 0 Å². The van der Waals surface area contributed by atoms with E-state index in [0.29, 0.717) is 18.2 Å². The lowest BCUT2D eigenvalue weighted by Gasteiger charge is -2.17. The summed E-state index contributed by atoms with van der Waals surface area (Å²) < 4.78 is 18.7. The third-order valence-corrected chi connectivity index (χ3v) is 4.06. The Bertz CT molecular complexity index is 392. The Balaban J connectivity index is 2.11. The van der Waals surface area contributed by atoms with E-state index in [4.69, 9.17) is 4.74 Å². The lowest BCUT2D eigenvalue weighted by Crippen LogP contribution is -2.36. The van der Waals surface area contributed by atoms with Crippen molar-refractivity contribution in [2.24, 2.45) is 0 Å². The number of aliphatic hydroxyl groups excluding tert-OH is 1. The van der Waals surface area contributed by atoms with Gasteiger partial charge in [0, 0.05) is 18.2 Å². The molecule has 0 aromatic heterocycles. The molecule has 0 aliphatic carbocycles. The Labute approximate surface area is 131 Å². The molecule has 2 atom stereocenters. The van der Waals surface area contributed by atoms with Crippen LogP contribution in [0.1, 0.15) is 25.8 Å². The standard InChI is InChI=1S/C16H26FNO2S/c1-3-21-9-8-13(2)18-10-15(19)12-20-11-14-6-4-5-7-16(14)17/h4-7,13,15,18-19H,3,8-12H2,1-2H3. The van der Waals surface area contributed by atoms with E-state index in [0.717, 1.165) is 17.9 Å². The first-order valence-electron chi connectivity index (χ1n) is 7.43. The lowest BCUT2D eigenvalue weighted by molar-refractivity contribution is 0.0268. The Kier molecular flexibility index (Phi) is 9.67. The van der Waals surface area contributed by atoms with Gasteiger partial charge in [0.2, 0.25) is 0 Å². The molecule has 0 amide bonds. The van der Waals surface area contributed by atoms with Gasteiger partial charge in [-0.3, -0.25) is 0 Å². The molecule has 0 fully saturated rings. The Morgan fingerprint density at radius 3 is 2.86 bits per heavy atom. The Morgan fingerprint density at radius 1 is 1.38 bits per heavy atom. The summed E-state index contributed by atoms with van der Waals surface area (Å²) in [5, 5.41) is 13.1. The summed E-state index contributed by atoms with van der Waals surface area (Å²) in [7, 11) is 0. The first-order valence-corrected chi connectivity index (χ1v) is 8.59. The second kappa shape index (κ2) is 11.0. The molecule has 0 saturated heterocycles. The SMILES string of the molecule is CCSCCC(C)NCC(O)COCc1ccccc1F. The zero-order valence-electron chi connectivity index (χ0n) is 12.8. The molecule has 0 saturated carbocycles. The molecule has 0 heterocycles. The van der Waals surface area contributed by atoms with Crippen LogP contribution in [0.2, 0.25) is 0 Å². The fourth-order valence-corrected chi connectivity index (χ4v) is 2.63. The van der Waals surface area contributed by atoms with Crippen molar-refractivity contribution >= 4 is 11.8 Å². The normalized spacial score (nSPS) is 14.1. The van der Waals surface area contributed by atoms with Crippen molar-refractivity contribution in [2.45, 2.75) is 39.0 Å². The van der Waals surface area contributed by atoms with Crippen molar-refractivity contribution in [3.8, 4) is 0 Å². The zero-order valence-corrected chi connectivity index (χ0v) is 13.7. The van der Waals surface area contributed by atoms with E-state index in [1.807, 2.05) is 11.8 Å². The Hall–Kier alpha value is -0.620. The highest BCUT2D eigenvalue weighted by molar-refractivity contribution is 7.99. The molecular weight excluding hydrogens is 289 g/mol. The van der Waals surface area contributed by atoms with Crippen LogP contribution in [0.4, 0.5) is 4.39 Å². The molecule has 0 bridgehead atoms. The first-order chi connectivity index (χ1) is 10.1. The fraction of sp³-hybridized carbons (Fsp3) is 0.625. The predicted molar refractivity (Wildman–Crippen MR) is 87.1 cm³/mol. The van der Waals surface area contributed by atoms with Crippen LogP contribution in [0.3, 0.4) is 0 Å². The molecule has 2 unspecified atom stereocenters. The third-order valence-electron chi connectivity index (χ3n) is 3.13. The quantitative estimate of drug-likeness (QED) is 0.616. The van der Waals surface area contributed by atoms with Gasteiger partial charge in [0.05, 0.1) is 19.3 Å². The molecule has 0 aliphatic heterocycles. The van der Waals surface area contributed by atoms with Gasteiger partial charge in [-0.2, -0.15) is 11.8 Å². The minimum atomic E-state index is -0.571. The number of rotatable bonds is 11. The highest BCUT2D eigenvalue weighted by atomic mass is 32.2. The third kappa shape index (κ3) is 8.41. The maximum Gasteiger partial charge on any atom is 0.128 e. The molecular formula is C16H26FNO2S. The fourth-order valence-electron chi connectivity index (χ4n) is 1.82. The molecule has 21 heavy (non-hydrogen) atoms. The number of hydrogen-bond donors (Lipinski definition) is 2. The summed E-state index contributed by atoms with van der Waals surface area (Å²) in [6.07, 6.45) is 0.513. The van der Waals surface area contributed by atoms with Gasteiger partial charge in [-0.15, -0.1) is 0 Å². The number of hydrogen-bond acceptors (Lipinski definition) is 4. The van der Waals surface area contributed by atoms with Crippen LogP contribution in [-0.2, 0) is 11.3 Å². The van der Waals surface area contributed by atoms with Crippen LogP contribution in [0, 0.1) is 5.82 Å². The van der Waals surface area contributed by atoms with Gasteiger partial charge >= 0.3 is 0 Å². The van der Waals surface area contributed by atoms with Crippen molar-refractivity contribution in [2.75, 3.05) is 24.7 Å². The maximum atomic E-state index is 13.4. The molecule has 2 N–H and O–H groups in total. The molecule has 1 aromatic carbocycles. The highest BCUT2D eigenvalue weighted by Gasteiger charge is 2.08. The average molecular weight is 315 g/mol. The molecule has 5 heteroatoms. The molecule has 120 valence electrons. The largest absolute Gasteiger partial charge is 0.389 e. The summed E-state index contributed by atoms with van der Waals surface area (Å²) >= 11 is 1.92. The van der Waals surface area contributed by atoms with Crippen molar-refractivity contribution < 1.29 is 14.2 Å². The predicted octanol–water partition coefficient (Wildman–Crippen LogP) is 2.82.